The summed E-state index contributed by atoms with van der Waals surface area (Å²) in [6, 6.07) is 6.36. The largest absolute Gasteiger partial charge is 0.356 e. The Hall–Kier alpha value is -2.45. The number of carbonyl (C=O) groups is 2. The molecular weight excluding hydrogens is 360 g/mol. The van der Waals surface area contributed by atoms with E-state index in [1.807, 2.05) is 6.92 Å². The van der Waals surface area contributed by atoms with E-state index in [0.717, 1.165) is 0 Å². The lowest BCUT2D eigenvalue weighted by Crippen LogP contribution is -2.52. The number of amides is 2. The van der Waals surface area contributed by atoms with Gasteiger partial charge in [0.1, 0.15) is 6.61 Å². The number of nitrogens with zero attached hydrogens (tertiary/aromatic N) is 3. The van der Waals surface area contributed by atoms with E-state index in [4.69, 9.17) is 20.9 Å². The summed E-state index contributed by atoms with van der Waals surface area (Å²) in [5, 5.41) is 7.09. The van der Waals surface area contributed by atoms with E-state index < -0.39 is 12.1 Å². The van der Waals surface area contributed by atoms with Gasteiger partial charge in [0.15, 0.2) is 11.9 Å². The number of benzene rings is 1. The van der Waals surface area contributed by atoms with Crippen molar-refractivity contribution in [2.75, 3.05) is 13.7 Å². The van der Waals surface area contributed by atoms with Gasteiger partial charge in [0.05, 0.1) is 12.6 Å². The van der Waals surface area contributed by atoms with Crippen molar-refractivity contribution in [1.29, 1.82) is 0 Å². The molecule has 2 heterocycles. The second-order valence-electron chi connectivity index (χ2n) is 5.95. The second-order valence-corrected chi connectivity index (χ2v) is 6.36. The number of carbonyl (C=O) groups excluding carboxylic acids is 2. The molecule has 1 aromatic heterocycles. The maximum absolute atomic E-state index is 12.9. The standard InChI is InChI=1S/C17H19ClN4O4/c1-3-14-19-12(21-26-14)8-22(2)17(24)16-15(20-13(23)9-25-16)10-6-4-5-7-11(10)18/h4-7,15-16H,3,8-9H2,1-2H3,(H,20,23). The number of morpholine rings is 1. The molecule has 2 amide bonds. The fourth-order valence-corrected chi connectivity index (χ4v) is 2.99. The molecule has 9 heteroatoms. The first-order chi connectivity index (χ1) is 12.5. The van der Waals surface area contributed by atoms with Crippen LogP contribution < -0.4 is 5.32 Å². The molecule has 0 aliphatic carbocycles. The molecule has 1 aliphatic heterocycles. The van der Waals surface area contributed by atoms with Crippen molar-refractivity contribution in [3.63, 3.8) is 0 Å². The van der Waals surface area contributed by atoms with Crippen molar-refractivity contribution in [3.8, 4) is 0 Å². The van der Waals surface area contributed by atoms with Crippen LogP contribution >= 0.6 is 11.6 Å². The van der Waals surface area contributed by atoms with Gasteiger partial charge < -0.3 is 19.5 Å². The summed E-state index contributed by atoms with van der Waals surface area (Å²) in [5.74, 6) is 0.313. The van der Waals surface area contributed by atoms with Crippen LogP contribution in [0.2, 0.25) is 5.02 Å². The van der Waals surface area contributed by atoms with Crippen LogP contribution in [-0.4, -0.2) is 46.6 Å². The first-order valence-corrected chi connectivity index (χ1v) is 8.59. The number of rotatable bonds is 5. The van der Waals surface area contributed by atoms with Crippen LogP contribution in [0.5, 0.6) is 0 Å². The Morgan fingerprint density at radius 1 is 1.42 bits per heavy atom. The average Bonchev–Trinajstić information content (AvgIpc) is 3.09. The van der Waals surface area contributed by atoms with Gasteiger partial charge in [0.25, 0.3) is 5.91 Å². The quantitative estimate of drug-likeness (QED) is 0.846. The number of ether oxygens (including phenoxy) is 1. The Morgan fingerprint density at radius 3 is 2.88 bits per heavy atom. The lowest BCUT2D eigenvalue weighted by atomic mass is 9.98. The van der Waals surface area contributed by atoms with Crippen LogP contribution in [0.15, 0.2) is 28.8 Å². The number of likely N-dealkylation sites (N-methyl/N-ethyl adjacent to an activating group) is 1. The van der Waals surface area contributed by atoms with Crippen molar-refractivity contribution >= 4 is 23.4 Å². The fraction of sp³-hybridized carbons (Fsp3) is 0.412. The van der Waals surface area contributed by atoms with Crippen LogP contribution in [0.3, 0.4) is 0 Å². The Kier molecular flexibility index (Phi) is 5.53. The Bertz CT molecular complexity index is 810. The first kappa shape index (κ1) is 18.3. The predicted molar refractivity (Wildman–Crippen MR) is 92.2 cm³/mol. The van der Waals surface area contributed by atoms with Gasteiger partial charge in [-0.3, -0.25) is 9.59 Å². The molecule has 0 saturated carbocycles. The SMILES string of the molecule is CCc1nc(CN(C)C(=O)C2OCC(=O)NC2c2ccccc2Cl)no1. The van der Waals surface area contributed by atoms with Gasteiger partial charge in [-0.15, -0.1) is 0 Å². The number of aromatic nitrogens is 2. The summed E-state index contributed by atoms with van der Waals surface area (Å²) < 4.78 is 10.6. The Balaban J connectivity index is 1.78. The summed E-state index contributed by atoms with van der Waals surface area (Å²) in [7, 11) is 1.62. The van der Waals surface area contributed by atoms with E-state index in [0.29, 0.717) is 28.7 Å². The predicted octanol–water partition coefficient (Wildman–Crippen LogP) is 1.50. The molecule has 1 aromatic carbocycles. The molecule has 0 spiro atoms. The summed E-state index contributed by atoms with van der Waals surface area (Å²) in [5.41, 5.74) is 0.627. The highest BCUT2D eigenvalue weighted by atomic mass is 35.5. The molecule has 2 unspecified atom stereocenters. The van der Waals surface area contributed by atoms with E-state index in [-0.39, 0.29) is 25.0 Å². The highest BCUT2D eigenvalue weighted by Crippen LogP contribution is 2.29. The van der Waals surface area contributed by atoms with Crippen LogP contribution in [0.4, 0.5) is 0 Å². The molecule has 1 aliphatic rings. The van der Waals surface area contributed by atoms with E-state index >= 15 is 0 Å². The molecule has 8 nitrogen and oxygen atoms in total. The molecule has 3 rings (SSSR count). The topological polar surface area (TPSA) is 97.6 Å². The molecule has 1 saturated heterocycles. The zero-order chi connectivity index (χ0) is 18.7. The third-order valence-electron chi connectivity index (χ3n) is 4.06. The number of nitrogens with one attached hydrogen (secondary N) is 1. The van der Waals surface area contributed by atoms with E-state index in [1.165, 1.54) is 4.90 Å². The Labute approximate surface area is 155 Å². The summed E-state index contributed by atoms with van der Waals surface area (Å²) in [4.78, 5) is 30.3. The normalized spacial score (nSPS) is 19.9. The van der Waals surface area contributed by atoms with Crippen LogP contribution in [0.25, 0.3) is 0 Å². The van der Waals surface area contributed by atoms with Gasteiger partial charge in [-0.2, -0.15) is 4.98 Å². The van der Waals surface area contributed by atoms with Crippen molar-refractivity contribution < 1.29 is 18.8 Å². The van der Waals surface area contributed by atoms with Crippen molar-refractivity contribution in [1.82, 2.24) is 20.4 Å². The lowest BCUT2D eigenvalue weighted by molar-refractivity contribution is -0.154. The van der Waals surface area contributed by atoms with E-state index in [1.54, 1.807) is 31.3 Å². The first-order valence-electron chi connectivity index (χ1n) is 8.21. The number of aryl methyl sites for hydroxylation is 1. The Morgan fingerprint density at radius 2 is 2.19 bits per heavy atom. The number of hydrogen-bond acceptors (Lipinski definition) is 6. The highest BCUT2D eigenvalue weighted by Gasteiger charge is 2.38. The van der Waals surface area contributed by atoms with Crippen LogP contribution in [-0.2, 0) is 27.3 Å². The molecule has 0 radical (unpaired) electrons. The van der Waals surface area contributed by atoms with Crippen molar-refractivity contribution in [3.05, 3.63) is 46.6 Å². The average molecular weight is 379 g/mol. The van der Waals surface area contributed by atoms with Gasteiger partial charge >= 0.3 is 0 Å². The summed E-state index contributed by atoms with van der Waals surface area (Å²) in [6.45, 7) is 1.89. The van der Waals surface area contributed by atoms with Gasteiger partial charge in [-0.05, 0) is 11.6 Å². The zero-order valence-corrected chi connectivity index (χ0v) is 15.2. The minimum Gasteiger partial charge on any atom is -0.356 e. The molecular formula is C17H19ClN4O4. The van der Waals surface area contributed by atoms with Gasteiger partial charge in [-0.25, -0.2) is 0 Å². The van der Waals surface area contributed by atoms with E-state index in [2.05, 4.69) is 15.5 Å². The summed E-state index contributed by atoms with van der Waals surface area (Å²) in [6.07, 6.45) is -0.271. The number of hydrogen-bond donors (Lipinski definition) is 1. The fourth-order valence-electron chi connectivity index (χ4n) is 2.74. The molecule has 2 aromatic rings. The molecule has 138 valence electrons. The van der Waals surface area contributed by atoms with Gasteiger partial charge in [-0.1, -0.05) is 41.9 Å². The van der Waals surface area contributed by atoms with E-state index in [9.17, 15) is 9.59 Å². The minimum atomic E-state index is -0.893. The van der Waals surface area contributed by atoms with Crippen molar-refractivity contribution in [2.45, 2.75) is 32.0 Å². The molecule has 2 atom stereocenters. The second kappa shape index (κ2) is 7.84. The zero-order valence-electron chi connectivity index (χ0n) is 14.4. The lowest BCUT2D eigenvalue weighted by Gasteiger charge is -2.34. The third kappa shape index (κ3) is 3.86. The maximum Gasteiger partial charge on any atom is 0.254 e. The summed E-state index contributed by atoms with van der Waals surface area (Å²) >= 11 is 6.24. The van der Waals surface area contributed by atoms with Crippen LogP contribution in [0.1, 0.15) is 30.2 Å². The third-order valence-corrected chi connectivity index (χ3v) is 4.41. The molecule has 1 fully saturated rings. The highest BCUT2D eigenvalue weighted by molar-refractivity contribution is 6.31. The number of halogens is 1. The van der Waals surface area contributed by atoms with Crippen LogP contribution in [0, 0.1) is 0 Å². The molecule has 26 heavy (non-hydrogen) atoms. The smallest absolute Gasteiger partial charge is 0.254 e. The molecule has 0 bridgehead atoms. The van der Waals surface area contributed by atoms with Crippen molar-refractivity contribution in [2.24, 2.45) is 0 Å². The maximum atomic E-state index is 12.9. The monoisotopic (exact) mass is 378 g/mol. The van der Waals surface area contributed by atoms with Gasteiger partial charge in [0, 0.05) is 18.5 Å². The minimum absolute atomic E-state index is 0.172. The molecule has 1 N–H and O–H groups in total. The van der Waals surface area contributed by atoms with Gasteiger partial charge in [0.2, 0.25) is 11.8 Å².